The van der Waals surface area contributed by atoms with Gasteiger partial charge >= 0.3 is 11.4 Å². The lowest BCUT2D eigenvalue weighted by Gasteiger charge is -2.15. The second kappa shape index (κ2) is 10.4. The number of methoxy groups -OCH3 is 1. The largest absolute Gasteiger partial charge is 0.497 e. The van der Waals surface area contributed by atoms with Crippen LogP contribution >= 0.6 is 0 Å². The van der Waals surface area contributed by atoms with Crippen LogP contribution in [0.3, 0.4) is 0 Å². The van der Waals surface area contributed by atoms with Crippen molar-refractivity contribution in [2.45, 2.75) is 13.1 Å². The summed E-state index contributed by atoms with van der Waals surface area (Å²) in [6, 6.07) is 23.9. The van der Waals surface area contributed by atoms with Gasteiger partial charge in [-0.3, -0.25) is 4.57 Å². The zero-order valence-electron chi connectivity index (χ0n) is 18.7. The molecule has 8 heteroatoms. The molecule has 34 heavy (non-hydrogen) atoms. The SMILES string of the molecule is C=CCn1c(=O)nc(Nc2ccc(Oc3ccccc3)cc2)n(Cc2ccc(OC)cc2)c1=O. The van der Waals surface area contributed by atoms with Gasteiger partial charge in [0.15, 0.2) is 0 Å². The van der Waals surface area contributed by atoms with Crippen LogP contribution in [0.1, 0.15) is 5.56 Å². The zero-order chi connectivity index (χ0) is 23.9. The Morgan fingerprint density at radius 1 is 0.882 bits per heavy atom. The molecule has 172 valence electrons. The summed E-state index contributed by atoms with van der Waals surface area (Å²) < 4.78 is 13.5. The normalized spacial score (nSPS) is 10.5. The lowest BCUT2D eigenvalue weighted by molar-refractivity contribution is 0.414. The van der Waals surface area contributed by atoms with E-state index >= 15 is 0 Å². The minimum absolute atomic E-state index is 0.0685. The summed E-state index contributed by atoms with van der Waals surface area (Å²) in [5.74, 6) is 2.23. The molecule has 4 aromatic rings. The smallest absolute Gasteiger partial charge is 0.355 e. The van der Waals surface area contributed by atoms with Crippen LogP contribution in [0.15, 0.2) is 101 Å². The topological polar surface area (TPSA) is 87.4 Å². The molecule has 0 saturated heterocycles. The van der Waals surface area contributed by atoms with E-state index in [1.165, 1.54) is 10.6 Å². The molecule has 1 N–H and O–H groups in total. The number of nitrogens with one attached hydrogen (secondary N) is 1. The van der Waals surface area contributed by atoms with Crippen molar-refractivity contribution in [3.63, 3.8) is 0 Å². The quantitative estimate of drug-likeness (QED) is 0.380. The number of hydrogen-bond donors (Lipinski definition) is 1. The second-order valence-electron chi connectivity index (χ2n) is 7.40. The monoisotopic (exact) mass is 456 g/mol. The molecule has 1 heterocycles. The third-order valence-electron chi connectivity index (χ3n) is 5.05. The molecule has 0 amide bonds. The predicted octanol–water partition coefficient (Wildman–Crippen LogP) is 4.18. The van der Waals surface area contributed by atoms with Gasteiger partial charge in [0.2, 0.25) is 5.95 Å². The van der Waals surface area contributed by atoms with E-state index in [2.05, 4.69) is 16.9 Å². The first-order chi connectivity index (χ1) is 16.6. The molecule has 4 rings (SSSR count). The Labute approximate surface area is 196 Å². The van der Waals surface area contributed by atoms with E-state index in [4.69, 9.17) is 9.47 Å². The minimum atomic E-state index is -0.651. The first-order valence-electron chi connectivity index (χ1n) is 10.6. The third-order valence-corrected chi connectivity index (χ3v) is 5.05. The molecule has 0 spiro atoms. The third kappa shape index (κ3) is 5.24. The molecule has 0 aliphatic rings. The Bertz CT molecular complexity index is 1380. The molecule has 0 aliphatic heterocycles. The van der Waals surface area contributed by atoms with Gasteiger partial charge in [-0.05, 0) is 54.1 Å². The van der Waals surface area contributed by atoms with Crippen LogP contribution in [0.25, 0.3) is 0 Å². The molecular formula is C26H24N4O4. The number of allylic oxidation sites excluding steroid dienone is 1. The zero-order valence-corrected chi connectivity index (χ0v) is 18.7. The maximum atomic E-state index is 13.1. The van der Waals surface area contributed by atoms with E-state index in [0.717, 1.165) is 15.9 Å². The average molecular weight is 457 g/mol. The summed E-state index contributed by atoms with van der Waals surface area (Å²) in [5, 5.41) is 3.09. The predicted molar refractivity (Wildman–Crippen MR) is 131 cm³/mol. The van der Waals surface area contributed by atoms with Crippen LogP contribution in [0, 0.1) is 0 Å². The Hall–Kier alpha value is -4.59. The molecular weight excluding hydrogens is 432 g/mol. The first-order valence-corrected chi connectivity index (χ1v) is 10.6. The van der Waals surface area contributed by atoms with E-state index < -0.39 is 11.4 Å². The van der Waals surface area contributed by atoms with E-state index in [-0.39, 0.29) is 19.0 Å². The highest BCUT2D eigenvalue weighted by atomic mass is 16.5. The molecule has 8 nitrogen and oxygen atoms in total. The lowest BCUT2D eigenvalue weighted by Crippen LogP contribution is -2.42. The minimum Gasteiger partial charge on any atom is -0.497 e. The van der Waals surface area contributed by atoms with Gasteiger partial charge in [-0.15, -0.1) is 6.58 Å². The van der Waals surface area contributed by atoms with Crippen molar-refractivity contribution in [2.75, 3.05) is 12.4 Å². The first kappa shape index (κ1) is 22.6. The Kier molecular flexibility index (Phi) is 6.88. The molecule has 0 fully saturated rings. The van der Waals surface area contributed by atoms with E-state index in [1.54, 1.807) is 31.4 Å². The van der Waals surface area contributed by atoms with Crippen LogP contribution < -0.4 is 26.2 Å². The van der Waals surface area contributed by atoms with Crippen LogP contribution in [0.5, 0.6) is 17.2 Å². The number of hydrogen-bond acceptors (Lipinski definition) is 6. The Balaban J connectivity index is 1.64. The fraction of sp³-hybridized carbons (Fsp3) is 0.115. The number of para-hydroxylation sites is 1. The van der Waals surface area contributed by atoms with Gasteiger partial charge < -0.3 is 14.8 Å². The summed E-state index contributed by atoms with van der Waals surface area (Å²) in [4.78, 5) is 29.8. The van der Waals surface area contributed by atoms with Crippen LogP contribution in [-0.2, 0) is 13.1 Å². The number of anilines is 2. The van der Waals surface area contributed by atoms with Crippen molar-refractivity contribution in [1.29, 1.82) is 0 Å². The molecule has 0 unspecified atom stereocenters. The Morgan fingerprint density at radius 3 is 2.18 bits per heavy atom. The lowest BCUT2D eigenvalue weighted by atomic mass is 10.2. The van der Waals surface area contributed by atoms with Crippen LogP contribution in [-0.4, -0.2) is 21.2 Å². The van der Waals surface area contributed by atoms with Crippen molar-refractivity contribution in [1.82, 2.24) is 14.1 Å². The standard InChI is InChI=1S/C26H24N4O4/c1-3-17-29-25(31)28-24(30(26(29)32)18-19-9-13-21(33-2)14-10-19)27-20-11-15-23(16-12-20)34-22-7-5-4-6-8-22/h3-16H,1,17-18H2,2H3,(H,27,28,31). The molecule has 0 bridgehead atoms. The number of nitrogens with zero attached hydrogens (tertiary/aromatic N) is 3. The maximum absolute atomic E-state index is 13.1. The number of aromatic nitrogens is 3. The summed E-state index contributed by atoms with van der Waals surface area (Å²) in [6.07, 6.45) is 1.49. The molecule has 0 saturated carbocycles. The van der Waals surface area contributed by atoms with Crippen LogP contribution in [0.2, 0.25) is 0 Å². The van der Waals surface area contributed by atoms with Gasteiger partial charge in [-0.25, -0.2) is 14.2 Å². The number of rotatable bonds is 9. The second-order valence-corrected chi connectivity index (χ2v) is 7.40. The summed E-state index contributed by atoms with van der Waals surface area (Å²) in [7, 11) is 1.59. The highest BCUT2D eigenvalue weighted by Crippen LogP contribution is 2.24. The molecule has 3 aromatic carbocycles. The van der Waals surface area contributed by atoms with Crippen molar-refractivity contribution < 1.29 is 9.47 Å². The van der Waals surface area contributed by atoms with Crippen molar-refractivity contribution in [2.24, 2.45) is 0 Å². The van der Waals surface area contributed by atoms with E-state index in [1.807, 2.05) is 54.6 Å². The average Bonchev–Trinajstić information content (AvgIpc) is 2.86. The van der Waals surface area contributed by atoms with Gasteiger partial charge in [-0.1, -0.05) is 36.4 Å². The van der Waals surface area contributed by atoms with Gasteiger partial charge in [-0.2, -0.15) is 4.98 Å². The molecule has 0 aliphatic carbocycles. The molecule has 0 radical (unpaired) electrons. The highest BCUT2D eigenvalue weighted by Gasteiger charge is 2.14. The molecule has 1 aromatic heterocycles. The number of ether oxygens (including phenoxy) is 2. The van der Waals surface area contributed by atoms with Crippen molar-refractivity contribution in [3.05, 3.63) is 118 Å². The highest BCUT2D eigenvalue weighted by molar-refractivity contribution is 5.55. The van der Waals surface area contributed by atoms with Crippen LogP contribution in [0.4, 0.5) is 11.6 Å². The van der Waals surface area contributed by atoms with E-state index in [0.29, 0.717) is 17.2 Å². The summed E-state index contributed by atoms with van der Waals surface area (Å²) in [5.41, 5.74) is 0.365. The Morgan fingerprint density at radius 2 is 1.53 bits per heavy atom. The van der Waals surface area contributed by atoms with Gasteiger partial charge in [0.1, 0.15) is 17.2 Å². The number of benzene rings is 3. The summed E-state index contributed by atoms with van der Waals surface area (Å²) >= 11 is 0. The van der Waals surface area contributed by atoms with Gasteiger partial charge in [0, 0.05) is 5.69 Å². The molecule has 0 atom stereocenters. The van der Waals surface area contributed by atoms with Gasteiger partial charge in [0.25, 0.3) is 0 Å². The van der Waals surface area contributed by atoms with E-state index in [9.17, 15) is 9.59 Å². The maximum Gasteiger partial charge on any atom is 0.355 e. The fourth-order valence-electron chi connectivity index (χ4n) is 3.33. The fourth-order valence-corrected chi connectivity index (χ4v) is 3.33. The van der Waals surface area contributed by atoms with Gasteiger partial charge in [0.05, 0.1) is 20.2 Å². The van der Waals surface area contributed by atoms with Crippen molar-refractivity contribution in [3.8, 4) is 17.2 Å². The summed E-state index contributed by atoms with van der Waals surface area (Å²) in [6.45, 7) is 3.90. The van der Waals surface area contributed by atoms with Crippen molar-refractivity contribution >= 4 is 11.6 Å².